The molecule has 34 heavy (non-hydrogen) atoms. The van der Waals surface area contributed by atoms with Crippen LogP contribution in [-0.4, -0.2) is 63.5 Å². The van der Waals surface area contributed by atoms with Gasteiger partial charge in [0.1, 0.15) is 11.5 Å². The summed E-state index contributed by atoms with van der Waals surface area (Å²) >= 11 is 0. The maximum absolute atomic E-state index is 13.1. The van der Waals surface area contributed by atoms with Gasteiger partial charge >= 0.3 is 6.09 Å². The summed E-state index contributed by atoms with van der Waals surface area (Å²) in [6, 6.07) is 14.6. The zero-order valence-corrected chi connectivity index (χ0v) is 20.3. The summed E-state index contributed by atoms with van der Waals surface area (Å²) in [6.07, 6.45) is -0.375. The number of hydrogen-bond acceptors (Lipinski definition) is 7. The van der Waals surface area contributed by atoms with Crippen LogP contribution in [0.1, 0.15) is 13.8 Å². The number of likely N-dealkylation sites (tertiary alicyclic amines) is 1. The maximum Gasteiger partial charge on any atom is 0.415 e. The molecule has 8 nitrogen and oxygen atoms in total. The van der Waals surface area contributed by atoms with Crippen LogP contribution < -0.4 is 20.1 Å². The zero-order valence-electron chi connectivity index (χ0n) is 19.5. The van der Waals surface area contributed by atoms with Crippen molar-refractivity contribution >= 4 is 21.6 Å². The number of sulfone groups is 1. The van der Waals surface area contributed by atoms with E-state index in [9.17, 15) is 13.2 Å². The van der Waals surface area contributed by atoms with Crippen LogP contribution in [-0.2, 0) is 9.84 Å². The molecule has 0 radical (unpaired) electrons. The van der Waals surface area contributed by atoms with Gasteiger partial charge in [0.2, 0.25) is 0 Å². The molecular weight excluding hydrogens is 454 g/mol. The first kappa shape index (κ1) is 23.0. The molecule has 5 atom stereocenters. The van der Waals surface area contributed by atoms with Crippen molar-refractivity contribution in [2.24, 2.45) is 23.5 Å². The first-order valence-corrected chi connectivity index (χ1v) is 13.5. The highest BCUT2D eigenvalue weighted by Gasteiger charge is 2.65. The van der Waals surface area contributed by atoms with Gasteiger partial charge in [-0.15, -0.1) is 0 Å². The molecule has 0 aromatic heterocycles. The molecule has 4 fully saturated rings. The molecule has 2 aromatic rings. The van der Waals surface area contributed by atoms with E-state index in [4.69, 9.17) is 15.2 Å². The van der Waals surface area contributed by atoms with Gasteiger partial charge in [0.15, 0.2) is 9.84 Å². The number of carbonyl (C=O) groups is 1. The lowest BCUT2D eigenvalue weighted by Gasteiger charge is -2.58. The van der Waals surface area contributed by atoms with Gasteiger partial charge in [-0.3, -0.25) is 0 Å². The molecule has 1 saturated carbocycles. The minimum absolute atomic E-state index is 0.0605. The highest BCUT2D eigenvalue weighted by atomic mass is 32.2. The topological polar surface area (TPSA) is 102 Å². The number of anilines is 1. The van der Waals surface area contributed by atoms with Crippen molar-refractivity contribution < 1.29 is 22.7 Å². The number of nitrogens with two attached hydrogens (primary N) is 1. The Labute approximate surface area is 200 Å². The second kappa shape index (κ2) is 8.78. The lowest BCUT2D eigenvalue weighted by atomic mass is 9.57. The predicted octanol–water partition coefficient (Wildman–Crippen LogP) is 2.77. The number of amides is 1. The van der Waals surface area contributed by atoms with Crippen molar-refractivity contribution in [1.82, 2.24) is 4.90 Å². The molecule has 6 rings (SSSR count). The molecule has 4 bridgehead atoms. The Morgan fingerprint density at radius 1 is 1.06 bits per heavy atom. The largest absolute Gasteiger partial charge is 0.494 e. The molecule has 3 saturated heterocycles. The molecule has 2 N–H and O–H groups in total. The van der Waals surface area contributed by atoms with E-state index in [0.29, 0.717) is 36.7 Å². The number of rotatable bonds is 7. The summed E-state index contributed by atoms with van der Waals surface area (Å²) in [7, 11) is -3.42. The van der Waals surface area contributed by atoms with Crippen molar-refractivity contribution in [1.29, 1.82) is 0 Å². The van der Waals surface area contributed by atoms with Gasteiger partial charge in [0.05, 0.1) is 23.3 Å². The first-order valence-electron chi connectivity index (χ1n) is 11.8. The lowest BCUT2D eigenvalue weighted by molar-refractivity contribution is -0.0157. The van der Waals surface area contributed by atoms with E-state index in [0.717, 1.165) is 18.0 Å². The summed E-state index contributed by atoms with van der Waals surface area (Å²) in [6.45, 7) is 6.48. The van der Waals surface area contributed by atoms with E-state index in [1.54, 1.807) is 0 Å². The Bertz CT molecular complexity index is 1150. The van der Waals surface area contributed by atoms with Gasteiger partial charge in [-0.2, -0.15) is 0 Å². The van der Waals surface area contributed by atoms with E-state index in [-0.39, 0.29) is 35.4 Å². The Balaban J connectivity index is 1.29. The van der Waals surface area contributed by atoms with Crippen LogP contribution in [0.4, 0.5) is 10.5 Å². The zero-order chi connectivity index (χ0) is 24.0. The predicted molar refractivity (Wildman–Crippen MR) is 129 cm³/mol. The molecule has 4 aliphatic rings. The molecule has 3 aliphatic heterocycles. The molecule has 3 unspecified atom stereocenters. The second-order valence-corrected chi connectivity index (χ2v) is 11.4. The molecule has 2 aromatic carbocycles. The van der Waals surface area contributed by atoms with Crippen molar-refractivity contribution in [3.63, 3.8) is 0 Å². The summed E-state index contributed by atoms with van der Waals surface area (Å²) in [5, 5.41) is 0. The summed E-state index contributed by atoms with van der Waals surface area (Å²) < 4.78 is 35.6. The number of carbonyl (C=O) groups excluding carboxylic acids is 1. The number of benzene rings is 2. The van der Waals surface area contributed by atoms with Gasteiger partial charge in [-0.25, -0.2) is 13.2 Å². The molecular formula is C25H31N3O5S. The standard InChI is InChI=1S/C25H31N3O5S/c1-3-32-18-6-4-17(5-7-18)27-14-21-16(2)23-22(27)15-28(24(21)23)25(29)33-19-8-10-20(11-9-19)34(30,31)13-12-26/h4-11,16,21-24H,3,12-15,26H2,1-2H3/t16?,21-,22-,23?,24?/m1/s1. The summed E-state index contributed by atoms with van der Waals surface area (Å²) in [5.74, 6) is 2.46. The average molecular weight is 486 g/mol. The monoisotopic (exact) mass is 485 g/mol. The summed E-state index contributed by atoms with van der Waals surface area (Å²) in [4.78, 5) is 17.6. The maximum atomic E-state index is 13.1. The number of fused-ring (bicyclic) bond motifs is 1. The quantitative estimate of drug-likeness (QED) is 0.643. The second-order valence-electron chi connectivity index (χ2n) is 9.34. The third-order valence-corrected chi connectivity index (χ3v) is 9.36. The minimum atomic E-state index is -3.42. The van der Waals surface area contributed by atoms with Crippen LogP contribution in [0, 0.1) is 17.8 Å². The van der Waals surface area contributed by atoms with Crippen LogP contribution in [0.2, 0.25) is 0 Å². The fourth-order valence-corrected chi connectivity index (χ4v) is 7.09. The van der Waals surface area contributed by atoms with Gasteiger partial charge in [-0.1, -0.05) is 6.92 Å². The van der Waals surface area contributed by atoms with E-state index in [1.807, 2.05) is 24.0 Å². The fraction of sp³-hybridized carbons (Fsp3) is 0.480. The third-order valence-electron chi connectivity index (χ3n) is 7.60. The van der Waals surface area contributed by atoms with Gasteiger partial charge in [0.25, 0.3) is 0 Å². The SMILES string of the molecule is CCOc1ccc(N2C[C@@H]3C(C)C4C3N(C(=O)Oc3ccc(S(=O)(=O)CCN)cc3)C[C@H]42)cc1. The summed E-state index contributed by atoms with van der Waals surface area (Å²) in [5.41, 5.74) is 6.54. The molecule has 0 spiro atoms. The third kappa shape index (κ3) is 3.80. The van der Waals surface area contributed by atoms with E-state index >= 15 is 0 Å². The van der Waals surface area contributed by atoms with Gasteiger partial charge in [0, 0.05) is 43.2 Å². The number of hydrogen-bond donors (Lipinski definition) is 1. The number of piperidine rings is 2. The van der Waals surface area contributed by atoms with Crippen LogP contribution in [0.25, 0.3) is 0 Å². The van der Waals surface area contributed by atoms with Crippen LogP contribution in [0.5, 0.6) is 11.5 Å². The Kier molecular flexibility index (Phi) is 5.93. The lowest BCUT2D eigenvalue weighted by Crippen LogP contribution is -2.66. The van der Waals surface area contributed by atoms with E-state index in [1.165, 1.54) is 24.3 Å². The average Bonchev–Trinajstić information content (AvgIpc) is 3.09. The van der Waals surface area contributed by atoms with Crippen LogP contribution >= 0.6 is 0 Å². The molecule has 3 heterocycles. The van der Waals surface area contributed by atoms with Crippen molar-refractivity contribution in [2.45, 2.75) is 30.8 Å². The number of nitrogens with zero attached hydrogens (tertiary/aromatic N) is 2. The molecule has 182 valence electrons. The highest BCUT2D eigenvalue weighted by Crippen LogP contribution is 2.56. The number of ether oxygens (including phenoxy) is 2. The van der Waals surface area contributed by atoms with Crippen molar-refractivity contribution in [3.8, 4) is 11.5 Å². The molecule has 1 amide bonds. The fourth-order valence-electron chi connectivity index (χ4n) is 5.99. The van der Waals surface area contributed by atoms with Crippen molar-refractivity contribution in [2.75, 3.05) is 36.9 Å². The molecule has 9 heteroatoms. The van der Waals surface area contributed by atoms with Crippen LogP contribution in [0.3, 0.4) is 0 Å². The highest BCUT2D eigenvalue weighted by molar-refractivity contribution is 7.91. The minimum Gasteiger partial charge on any atom is -0.494 e. The molecule has 1 aliphatic carbocycles. The Hall–Kier alpha value is -2.78. The first-order chi connectivity index (χ1) is 16.3. The normalized spacial score (nSPS) is 27.3. The van der Waals surface area contributed by atoms with E-state index in [2.05, 4.69) is 24.0 Å². The van der Waals surface area contributed by atoms with Crippen molar-refractivity contribution in [3.05, 3.63) is 48.5 Å². The Morgan fingerprint density at radius 2 is 1.74 bits per heavy atom. The van der Waals surface area contributed by atoms with Gasteiger partial charge in [-0.05, 0) is 61.4 Å². The Morgan fingerprint density at radius 3 is 2.38 bits per heavy atom. The van der Waals surface area contributed by atoms with Crippen LogP contribution in [0.15, 0.2) is 53.4 Å². The van der Waals surface area contributed by atoms with Gasteiger partial charge < -0.3 is 25.0 Å². The van der Waals surface area contributed by atoms with E-state index < -0.39 is 9.84 Å². The smallest absolute Gasteiger partial charge is 0.415 e.